The molecule has 1 atom stereocenters. The van der Waals surface area contributed by atoms with Crippen molar-refractivity contribution in [2.24, 2.45) is 0 Å². The molecule has 0 aliphatic heterocycles. The van der Waals surface area contributed by atoms with Crippen molar-refractivity contribution < 1.29 is 8.42 Å². The molecule has 2 aromatic rings. The van der Waals surface area contributed by atoms with Gasteiger partial charge in [-0.2, -0.15) is 0 Å². The molecule has 0 radical (unpaired) electrons. The first-order valence-electron chi connectivity index (χ1n) is 5.30. The van der Waals surface area contributed by atoms with Crippen molar-refractivity contribution in [3.8, 4) is 0 Å². The van der Waals surface area contributed by atoms with E-state index < -0.39 is 10.0 Å². The van der Waals surface area contributed by atoms with Gasteiger partial charge in [0.25, 0.3) is 0 Å². The van der Waals surface area contributed by atoms with Crippen molar-refractivity contribution in [2.45, 2.75) is 17.9 Å². The molecule has 0 aliphatic rings. The Morgan fingerprint density at radius 3 is 2.67 bits per heavy atom. The minimum absolute atomic E-state index is 0.228. The molecule has 96 valence electrons. The number of halogens is 1. The van der Waals surface area contributed by atoms with E-state index in [4.69, 9.17) is 0 Å². The fraction of sp³-hybridized carbons (Fsp3) is 0.167. The summed E-state index contributed by atoms with van der Waals surface area (Å²) in [5.74, 6) is 0. The summed E-state index contributed by atoms with van der Waals surface area (Å²) in [4.78, 5) is 1.26. The predicted molar refractivity (Wildman–Crippen MR) is 77.2 cm³/mol. The Kier molecular flexibility index (Phi) is 4.21. The summed E-state index contributed by atoms with van der Waals surface area (Å²) >= 11 is 4.80. The van der Waals surface area contributed by atoms with Gasteiger partial charge in [0.1, 0.15) is 0 Å². The second-order valence-corrected chi connectivity index (χ2v) is 7.42. The number of hydrogen-bond acceptors (Lipinski definition) is 3. The van der Waals surface area contributed by atoms with Crippen molar-refractivity contribution in [1.29, 1.82) is 0 Å². The first-order valence-corrected chi connectivity index (χ1v) is 8.46. The minimum atomic E-state index is -3.48. The molecule has 0 saturated carbocycles. The van der Waals surface area contributed by atoms with Gasteiger partial charge in [-0.05, 0) is 36.6 Å². The summed E-state index contributed by atoms with van der Waals surface area (Å²) in [5.41, 5.74) is 0. The molecule has 18 heavy (non-hydrogen) atoms. The van der Waals surface area contributed by atoms with Gasteiger partial charge in [0.15, 0.2) is 0 Å². The van der Waals surface area contributed by atoms with Crippen LogP contribution in [0.1, 0.15) is 17.8 Å². The largest absolute Gasteiger partial charge is 0.241 e. The molecule has 6 heteroatoms. The van der Waals surface area contributed by atoms with Crippen LogP contribution in [0, 0.1) is 0 Å². The van der Waals surface area contributed by atoms with Crippen LogP contribution in [0.5, 0.6) is 0 Å². The third kappa shape index (κ3) is 3.20. The topological polar surface area (TPSA) is 46.2 Å². The van der Waals surface area contributed by atoms with Crippen LogP contribution in [0.4, 0.5) is 0 Å². The lowest BCUT2D eigenvalue weighted by molar-refractivity contribution is 0.568. The van der Waals surface area contributed by atoms with Crippen LogP contribution in [0.2, 0.25) is 0 Å². The van der Waals surface area contributed by atoms with Crippen LogP contribution in [0.25, 0.3) is 0 Å². The minimum Gasteiger partial charge on any atom is -0.207 e. The number of benzene rings is 1. The van der Waals surface area contributed by atoms with E-state index in [9.17, 15) is 8.42 Å². The lowest BCUT2D eigenvalue weighted by atomic mass is 10.3. The molecule has 1 aromatic carbocycles. The van der Waals surface area contributed by atoms with E-state index >= 15 is 0 Å². The molecule has 0 aliphatic carbocycles. The van der Waals surface area contributed by atoms with Crippen LogP contribution in [-0.2, 0) is 10.0 Å². The first-order chi connectivity index (χ1) is 8.49. The Balaban J connectivity index is 2.22. The van der Waals surface area contributed by atoms with E-state index in [0.717, 1.165) is 9.35 Å². The zero-order valence-electron chi connectivity index (χ0n) is 9.63. The zero-order valence-corrected chi connectivity index (χ0v) is 12.8. The average Bonchev–Trinajstić information content (AvgIpc) is 2.82. The van der Waals surface area contributed by atoms with Gasteiger partial charge in [0, 0.05) is 9.35 Å². The molecule has 0 unspecified atom stereocenters. The summed E-state index contributed by atoms with van der Waals surface area (Å²) in [6.45, 7) is 1.83. The van der Waals surface area contributed by atoms with E-state index in [-0.39, 0.29) is 10.9 Å². The Labute approximate surface area is 119 Å². The quantitative estimate of drug-likeness (QED) is 0.920. The molecular weight excluding hydrogens is 334 g/mol. The van der Waals surface area contributed by atoms with Gasteiger partial charge in [-0.15, -0.1) is 11.3 Å². The van der Waals surface area contributed by atoms with Crippen LogP contribution in [-0.4, -0.2) is 8.42 Å². The summed E-state index contributed by atoms with van der Waals surface area (Å²) in [7, 11) is -3.48. The molecular formula is C12H12BrNO2S2. The predicted octanol–water partition coefficient (Wildman–Crippen LogP) is 3.55. The number of nitrogens with one attached hydrogen (secondary N) is 1. The molecule has 0 bridgehead atoms. The van der Waals surface area contributed by atoms with E-state index in [1.807, 2.05) is 24.4 Å². The third-order valence-corrected chi connectivity index (χ3v) is 5.49. The average molecular weight is 346 g/mol. The second kappa shape index (κ2) is 5.52. The fourth-order valence-corrected chi connectivity index (χ4v) is 4.16. The van der Waals surface area contributed by atoms with Gasteiger partial charge < -0.3 is 0 Å². The normalized spacial score (nSPS) is 13.4. The molecule has 0 fully saturated rings. The lowest BCUT2D eigenvalue weighted by Crippen LogP contribution is -2.26. The molecule has 1 N–H and O–H groups in total. The van der Waals surface area contributed by atoms with Gasteiger partial charge in [0.2, 0.25) is 10.0 Å². The van der Waals surface area contributed by atoms with Crippen LogP contribution < -0.4 is 4.72 Å². The molecule has 0 amide bonds. The summed E-state index contributed by atoms with van der Waals surface area (Å²) in [6, 6.07) is 10.3. The highest BCUT2D eigenvalue weighted by Crippen LogP contribution is 2.22. The van der Waals surface area contributed by atoms with E-state index in [1.54, 1.807) is 24.3 Å². The maximum Gasteiger partial charge on any atom is 0.241 e. The van der Waals surface area contributed by atoms with Crippen molar-refractivity contribution in [1.82, 2.24) is 4.72 Å². The summed E-state index contributed by atoms with van der Waals surface area (Å²) in [6.07, 6.45) is 0. The summed E-state index contributed by atoms with van der Waals surface area (Å²) in [5, 5.41) is 1.93. The summed E-state index contributed by atoms with van der Waals surface area (Å²) < 4.78 is 27.7. The lowest BCUT2D eigenvalue weighted by Gasteiger charge is -2.12. The number of rotatable bonds is 4. The Morgan fingerprint density at radius 1 is 1.28 bits per heavy atom. The van der Waals surface area contributed by atoms with Crippen LogP contribution >= 0.6 is 27.3 Å². The van der Waals surface area contributed by atoms with Crippen LogP contribution in [0.15, 0.2) is 51.1 Å². The van der Waals surface area contributed by atoms with Crippen molar-refractivity contribution in [3.63, 3.8) is 0 Å². The van der Waals surface area contributed by atoms with Gasteiger partial charge in [-0.3, -0.25) is 0 Å². The number of sulfonamides is 1. The highest BCUT2D eigenvalue weighted by Gasteiger charge is 2.18. The van der Waals surface area contributed by atoms with E-state index in [1.165, 1.54) is 11.3 Å². The molecule has 1 heterocycles. The molecule has 0 spiro atoms. The van der Waals surface area contributed by atoms with Crippen molar-refractivity contribution >= 4 is 37.3 Å². The highest BCUT2D eigenvalue weighted by atomic mass is 79.9. The Morgan fingerprint density at radius 2 is 2.06 bits per heavy atom. The second-order valence-electron chi connectivity index (χ2n) is 3.82. The molecule has 2 rings (SSSR count). The third-order valence-electron chi connectivity index (χ3n) is 2.41. The number of hydrogen-bond donors (Lipinski definition) is 1. The van der Waals surface area contributed by atoms with Crippen molar-refractivity contribution in [2.75, 3.05) is 0 Å². The smallest absolute Gasteiger partial charge is 0.207 e. The monoisotopic (exact) mass is 345 g/mol. The Bertz CT molecular complexity index is 623. The van der Waals surface area contributed by atoms with Crippen LogP contribution in [0.3, 0.4) is 0 Å². The van der Waals surface area contributed by atoms with Gasteiger partial charge in [-0.25, -0.2) is 13.1 Å². The SMILES string of the molecule is C[C@H](NS(=O)(=O)c1cccc(Br)c1)c1cccs1. The Hall–Kier alpha value is -0.690. The first kappa shape index (κ1) is 13.7. The maximum absolute atomic E-state index is 12.2. The zero-order chi connectivity index (χ0) is 13.2. The van der Waals surface area contributed by atoms with E-state index in [0.29, 0.717) is 0 Å². The van der Waals surface area contributed by atoms with Gasteiger partial charge in [0.05, 0.1) is 10.9 Å². The molecule has 3 nitrogen and oxygen atoms in total. The van der Waals surface area contributed by atoms with E-state index in [2.05, 4.69) is 20.7 Å². The highest BCUT2D eigenvalue weighted by molar-refractivity contribution is 9.10. The molecule has 0 saturated heterocycles. The number of thiophene rings is 1. The molecule has 1 aromatic heterocycles. The fourth-order valence-electron chi connectivity index (χ4n) is 1.53. The van der Waals surface area contributed by atoms with Gasteiger partial charge >= 0.3 is 0 Å². The standard InChI is InChI=1S/C12H12BrNO2S2/c1-9(12-6-3-7-17-12)14-18(15,16)11-5-2-4-10(13)8-11/h2-9,14H,1H3/t9-/m0/s1. The van der Waals surface area contributed by atoms with Gasteiger partial charge in [-0.1, -0.05) is 28.1 Å². The maximum atomic E-state index is 12.2. The van der Waals surface area contributed by atoms with Crippen molar-refractivity contribution in [3.05, 3.63) is 51.1 Å².